The summed E-state index contributed by atoms with van der Waals surface area (Å²) >= 11 is 0. The molecule has 1 fully saturated rings. The average molecular weight is 293 g/mol. The number of anilines is 1. The Morgan fingerprint density at radius 2 is 2.33 bits per heavy atom. The van der Waals surface area contributed by atoms with Crippen molar-refractivity contribution < 1.29 is 20.6 Å². The highest BCUT2D eigenvalue weighted by atomic mass is 16.2. The highest BCUT2D eigenvalue weighted by Gasteiger charge is 2.30. The second-order valence-electron chi connectivity index (χ2n) is 4.47. The smallest absolute Gasteiger partial charge is 0.264 e. The minimum absolute atomic E-state index is 0.226. The predicted octanol–water partition coefficient (Wildman–Crippen LogP) is 1.15. The van der Waals surface area contributed by atoms with Crippen molar-refractivity contribution in [3.63, 3.8) is 0 Å². The van der Waals surface area contributed by atoms with Gasteiger partial charge in [-0.15, -0.1) is 0 Å². The molecule has 21 heavy (non-hydrogen) atoms. The van der Waals surface area contributed by atoms with E-state index in [1.54, 1.807) is 0 Å². The van der Waals surface area contributed by atoms with Crippen molar-refractivity contribution in [2.75, 3.05) is 5.73 Å². The average Bonchev–Trinajstić information content (AvgIpc) is 2.56. The Morgan fingerprint density at radius 3 is 3.10 bits per heavy atom. The summed E-state index contributed by atoms with van der Waals surface area (Å²) in [5, 5.41) is -0.521. The summed E-state index contributed by atoms with van der Waals surface area (Å²) < 4.78 is 63.0. The number of aryl methyl sites for hydroxylation is 1. The van der Waals surface area contributed by atoms with Gasteiger partial charge in [-0.25, -0.2) is 4.98 Å². The number of rotatable bonds is 1. The molecule has 108 valence electrons. The zero-order valence-corrected chi connectivity index (χ0v) is 10.7. The predicted molar refractivity (Wildman–Crippen MR) is 78.1 cm³/mol. The lowest BCUT2D eigenvalue weighted by atomic mass is 9.92. The number of benzene rings is 1. The Morgan fingerprint density at radius 1 is 1.52 bits per heavy atom. The van der Waals surface area contributed by atoms with Crippen LogP contribution in [0, 0.1) is 6.85 Å². The van der Waals surface area contributed by atoms with Crippen LogP contribution in [0.1, 0.15) is 42.0 Å². The molecule has 6 nitrogen and oxygen atoms in total. The molecule has 3 rings (SSSR count). The van der Waals surface area contributed by atoms with Crippen molar-refractivity contribution >= 4 is 28.2 Å². The fraction of sp³-hybridized carbons (Fsp3) is 0.333. The molecule has 0 bridgehead atoms. The van der Waals surface area contributed by atoms with Gasteiger partial charge < -0.3 is 5.73 Å². The third-order valence-electron chi connectivity index (χ3n) is 3.16. The molecule has 0 radical (unpaired) electrons. The molecule has 1 atom stereocenters. The Hall–Kier alpha value is -2.50. The maximum Gasteiger partial charge on any atom is 0.264 e. The zero-order valence-electron chi connectivity index (χ0n) is 18.7. The van der Waals surface area contributed by atoms with Crippen molar-refractivity contribution in [3.05, 3.63) is 34.3 Å². The van der Waals surface area contributed by atoms with Gasteiger partial charge in [-0.05, 0) is 25.4 Å². The molecule has 1 aliphatic carbocycles. The zero-order chi connectivity index (χ0) is 22.1. The topological polar surface area (TPSA) is 95.0 Å². The summed E-state index contributed by atoms with van der Waals surface area (Å²) in [6.07, 6.45) is -4.75. The largest absolute Gasteiger partial charge is 0.398 e. The summed E-state index contributed by atoms with van der Waals surface area (Å²) in [4.78, 5) is 41.4. The third kappa shape index (κ3) is 2.12. The Labute approximate surface area is 131 Å². The van der Waals surface area contributed by atoms with Crippen LogP contribution in [-0.4, -0.2) is 21.1 Å². The summed E-state index contributed by atoms with van der Waals surface area (Å²) in [7, 11) is 0. The van der Waals surface area contributed by atoms with Crippen molar-refractivity contribution in [3.8, 4) is 0 Å². The number of fused-ring (bicyclic) bond motifs is 1. The van der Waals surface area contributed by atoms with E-state index in [9.17, 15) is 14.4 Å². The molecule has 0 saturated heterocycles. The first-order valence-electron chi connectivity index (χ1n) is 10.0. The first kappa shape index (κ1) is 6.98. The lowest BCUT2D eigenvalue weighted by Gasteiger charge is -2.24. The third-order valence-corrected chi connectivity index (χ3v) is 3.16. The van der Waals surface area contributed by atoms with Gasteiger partial charge in [0.2, 0.25) is 0 Å². The number of ketones is 2. The van der Waals surface area contributed by atoms with Gasteiger partial charge in [0.1, 0.15) is 11.6 Å². The first-order valence-corrected chi connectivity index (χ1v) is 6.01. The fourth-order valence-electron chi connectivity index (χ4n) is 2.17. The second kappa shape index (κ2) is 4.80. The summed E-state index contributed by atoms with van der Waals surface area (Å²) in [6, 6.07) is -2.66. The van der Waals surface area contributed by atoms with Crippen LogP contribution >= 0.6 is 0 Å². The summed E-state index contributed by atoms with van der Waals surface area (Å²) in [5.41, 5.74) is 3.65. The van der Waals surface area contributed by atoms with Crippen molar-refractivity contribution in [1.29, 1.82) is 0 Å². The van der Waals surface area contributed by atoms with Gasteiger partial charge in [0.15, 0.2) is 5.78 Å². The van der Waals surface area contributed by atoms with E-state index in [1.807, 2.05) is 0 Å². The number of carbonyl (C=O) groups excluding carboxylic acids is 2. The van der Waals surface area contributed by atoms with E-state index in [4.69, 9.17) is 16.7 Å². The number of nitrogens with two attached hydrogens (primary N) is 1. The van der Waals surface area contributed by atoms with Crippen LogP contribution in [0.15, 0.2) is 22.9 Å². The first-order chi connectivity index (χ1) is 13.1. The quantitative estimate of drug-likeness (QED) is 0.628. The van der Waals surface area contributed by atoms with Gasteiger partial charge in [-0.2, -0.15) is 0 Å². The molecule has 1 aromatic carbocycles. The Kier molecular flexibility index (Phi) is 1.59. The van der Waals surface area contributed by atoms with E-state index < -0.39 is 83.7 Å². The molecule has 1 saturated carbocycles. The van der Waals surface area contributed by atoms with Gasteiger partial charge in [0.25, 0.3) is 5.56 Å². The lowest BCUT2D eigenvalue weighted by molar-refractivity contribution is -0.132. The molecule has 0 aliphatic heterocycles. The van der Waals surface area contributed by atoms with Crippen LogP contribution in [-0.2, 0) is 9.59 Å². The highest BCUT2D eigenvalue weighted by Crippen LogP contribution is 2.24. The number of Topliss-reactive ketones (excluding diaryl/α,β-unsaturated/α-hetero) is 2. The van der Waals surface area contributed by atoms with E-state index in [2.05, 4.69) is 4.98 Å². The van der Waals surface area contributed by atoms with Crippen LogP contribution in [0.5, 0.6) is 0 Å². The Bertz CT molecular complexity index is 1140. The van der Waals surface area contributed by atoms with Crippen LogP contribution in [0.4, 0.5) is 5.69 Å². The number of hydrogen-bond acceptors (Lipinski definition) is 5. The maximum absolute atomic E-state index is 13.2. The summed E-state index contributed by atoms with van der Waals surface area (Å²) in [6.45, 7) is -3.11. The number of carbonyl (C=O) groups is 2. The number of aromatic nitrogens is 2. The van der Waals surface area contributed by atoms with E-state index in [0.29, 0.717) is 0 Å². The molecule has 2 N–H and O–H groups in total. The van der Waals surface area contributed by atoms with Crippen LogP contribution in [0.3, 0.4) is 0 Å². The lowest BCUT2D eigenvalue weighted by Crippen LogP contribution is -2.36. The van der Waals surface area contributed by atoms with E-state index in [0.717, 1.165) is 6.07 Å². The van der Waals surface area contributed by atoms with Gasteiger partial charge in [0.05, 0.1) is 27.5 Å². The van der Waals surface area contributed by atoms with Crippen LogP contribution in [0.25, 0.3) is 10.9 Å². The van der Waals surface area contributed by atoms with Gasteiger partial charge in [-0.1, -0.05) is 6.07 Å². The molecule has 0 spiro atoms. The molecular formula is C15H15N3O3. The second-order valence-corrected chi connectivity index (χ2v) is 4.47. The van der Waals surface area contributed by atoms with E-state index >= 15 is 0 Å². The minimum atomic E-state index is -3.11. The van der Waals surface area contributed by atoms with E-state index in [1.165, 1.54) is 0 Å². The molecule has 1 heterocycles. The van der Waals surface area contributed by atoms with Gasteiger partial charge in [0, 0.05) is 18.9 Å². The van der Waals surface area contributed by atoms with Gasteiger partial charge >= 0.3 is 0 Å². The Balaban J connectivity index is 2.51. The van der Waals surface area contributed by atoms with Crippen molar-refractivity contribution in [2.45, 2.75) is 32.1 Å². The minimum Gasteiger partial charge on any atom is -0.398 e. The molecule has 6 heteroatoms. The van der Waals surface area contributed by atoms with Crippen LogP contribution < -0.4 is 11.3 Å². The molecule has 1 aromatic heterocycles. The highest BCUT2D eigenvalue weighted by molar-refractivity contribution is 6.03. The molecule has 2 aromatic rings. The number of nitrogens with zero attached hydrogens (tertiary/aromatic N) is 2. The number of nitrogen functional groups attached to an aromatic ring is 1. The standard InChI is InChI=1S/C15H15N3O3/c1-8-17-11-4-2-3-10(16)14(11)15(21)18(8)12-6-5-9(19)7-13(12)20/h2-4,12H,5-7,16H2,1H3/t12-/m1/s1/i1D3,3D,4D,5D2,12D. The van der Waals surface area contributed by atoms with Gasteiger partial charge in [-0.3, -0.25) is 19.0 Å². The van der Waals surface area contributed by atoms with Crippen molar-refractivity contribution in [1.82, 2.24) is 9.55 Å². The number of hydrogen-bond donors (Lipinski definition) is 1. The molecule has 0 amide bonds. The molecule has 0 unspecified atom stereocenters. The van der Waals surface area contributed by atoms with E-state index in [-0.39, 0.29) is 4.57 Å². The summed E-state index contributed by atoms with van der Waals surface area (Å²) in [5.74, 6) is -3.25. The SMILES string of the molecule is [2H]c1cc([2H])c2nc(C([2H])([2H])[2H])n([C@]3([2H])CC([2H])([2H])C(=O)CC3=O)c(=O)c2c1N. The molecule has 1 aliphatic rings. The monoisotopic (exact) mass is 293 g/mol. The normalized spacial score (nSPS) is 31.2. The van der Waals surface area contributed by atoms with Crippen LogP contribution in [0.2, 0.25) is 0 Å². The maximum atomic E-state index is 13.2. The van der Waals surface area contributed by atoms with Crippen molar-refractivity contribution in [2.24, 2.45) is 0 Å². The fourth-order valence-corrected chi connectivity index (χ4v) is 2.17. The molecular weight excluding hydrogens is 270 g/mol.